The van der Waals surface area contributed by atoms with E-state index in [1.54, 1.807) is 0 Å². The summed E-state index contributed by atoms with van der Waals surface area (Å²) in [5.41, 5.74) is 0.745. The van der Waals surface area contributed by atoms with E-state index in [0.29, 0.717) is 17.6 Å². The van der Waals surface area contributed by atoms with Crippen LogP contribution < -0.4 is 10.2 Å². The second-order valence-corrected chi connectivity index (χ2v) is 7.11. The standard InChI is InChI=1S/C16H26ClN3O/c1-11(2)18-8-14-13(17)6-7-15(19-14)20-9-12(3)21-16(4,5)10-20/h6-7,11-12,18H,8-10H2,1-5H3. The van der Waals surface area contributed by atoms with Gasteiger partial charge in [-0.2, -0.15) is 0 Å². The van der Waals surface area contributed by atoms with E-state index in [2.05, 4.69) is 44.8 Å². The number of hydrogen-bond donors (Lipinski definition) is 1. The quantitative estimate of drug-likeness (QED) is 0.926. The lowest BCUT2D eigenvalue weighted by molar-refractivity contribution is -0.0751. The maximum atomic E-state index is 6.26. The Hall–Kier alpha value is -0.840. The van der Waals surface area contributed by atoms with Crippen molar-refractivity contribution in [3.8, 4) is 0 Å². The first-order valence-electron chi connectivity index (χ1n) is 7.58. The van der Waals surface area contributed by atoms with Gasteiger partial charge in [0.1, 0.15) is 5.82 Å². The van der Waals surface area contributed by atoms with Gasteiger partial charge in [-0.3, -0.25) is 0 Å². The molecule has 0 radical (unpaired) electrons. The minimum absolute atomic E-state index is 0.157. The Labute approximate surface area is 132 Å². The van der Waals surface area contributed by atoms with Crippen LogP contribution in [0.15, 0.2) is 12.1 Å². The third-order valence-electron chi connectivity index (χ3n) is 3.48. The van der Waals surface area contributed by atoms with Crippen LogP contribution >= 0.6 is 11.6 Å². The summed E-state index contributed by atoms with van der Waals surface area (Å²) in [5, 5.41) is 4.08. The molecule has 0 spiro atoms. The summed E-state index contributed by atoms with van der Waals surface area (Å²) in [5.74, 6) is 0.975. The molecule has 1 N–H and O–H groups in total. The van der Waals surface area contributed by atoms with Crippen molar-refractivity contribution in [3.63, 3.8) is 0 Å². The molecule has 5 heteroatoms. The average Bonchev–Trinajstić information content (AvgIpc) is 2.35. The molecule has 0 aromatic carbocycles. The minimum atomic E-state index is -0.157. The Kier molecular flexibility index (Phi) is 5.12. The fourth-order valence-electron chi connectivity index (χ4n) is 2.70. The third-order valence-corrected chi connectivity index (χ3v) is 3.82. The van der Waals surface area contributed by atoms with Crippen LogP contribution in [0.2, 0.25) is 5.02 Å². The van der Waals surface area contributed by atoms with Crippen LogP contribution in [0, 0.1) is 0 Å². The molecule has 1 atom stereocenters. The normalized spacial score (nSPS) is 21.9. The summed E-state index contributed by atoms with van der Waals surface area (Å²) < 4.78 is 5.95. The van der Waals surface area contributed by atoms with Gasteiger partial charge in [0.25, 0.3) is 0 Å². The molecule has 1 aromatic rings. The Morgan fingerprint density at radius 2 is 2.19 bits per heavy atom. The lowest BCUT2D eigenvalue weighted by atomic mass is 10.1. The molecule has 0 aliphatic carbocycles. The zero-order valence-electron chi connectivity index (χ0n) is 13.6. The van der Waals surface area contributed by atoms with E-state index in [-0.39, 0.29) is 11.7 Å². The van der Waals surface area contributed by atoms with Gasteiger partial charge in [0, 0.05) is 25.7 Å². The molecule has 1 saturated heterocycles. The van der Waals surface area contributed by atoms with Crippen LogP contribution in [0.4, 0.5) is 5.82 Å². The number of aromatic nitrogens is 1. The van der Waals surface area contributed by atoms with Gasteiger partial charge < -0.3 is 15.0 Å². The van der Waals surface area contributed by atoms with Gasteiger partial charge in [-0.05, 0) is 32.9 Å². The zero-order valence-corrected chi connectivity index (χ0v) is 14.4. The van der Waals surface area contributed by atoms with Gasteiger partial charge in [-0.25, -0.2) is 4.98 Å². The monoisotopic (exact) mass is 311 g/mol. The highest BCUT2D eigenvalue weighted by atomic mass is 35.5. The van der Waals surface area contributed by atoms with Crippen LogP contribution in [0.25, 0.3) is 0 Å². The van der Waals surface area contributed by atoms with Crippen molar-refractivity contribution in [2.24, 2.45) is 0 Å². The summed E-state index contributed by atoms with van der Waals surface area (Å²) in [6.07, 6.45) is 0.198. The largest absolute Gasteiger partial charge is 0.369 e. The lowest BCUT2D eigenvalue weighted by Gasteiger charge is -2.42. The van der Waals surface area contributed by atoms with Gasteiger partial charge in [0.05, 0.1) is 22.4 Å². The number of pyridine rings is 1. The lowest BCUT2D eigenvalue weighted by Crippen LogP contribution is -2.52. The molecule has 1 unspecified atom stereocenters. The van der Waals surface area contributed by atoms with Crippen LogP contribution in [0.3, 0.4) is 0 Å². The zero-order chi connectivity index (χ0) is 15.6. The number of nitrogens with one attached hydrogen (secondary N) is 1. The average molecular weight is 312 g/mol. The maximum Gasteiger partial charge on any atom is 0.129 e. The van der Waals surface area contributed by atoms with Crippen molar-refractivity contribution in [3.05, 3.63) is 22.8 Å². The Balaban J connectivity index is 2.17. The van der Waals surface area contributed by atoms with Crippen molar-refractivity contribution in [1.82, 2.24) is 10.3 Å². The predicted octanol–water partition coefficient (Wildman–Crippen LogP) is 3.24. The van der Waals surface area contributed by atoms with Crippen molar-refractivity contribution >= 4 is 17.4 Å². The summed E-state index contributed by atoms with van der Waals surface area (Å²) >= 11 is 6.26. The van der Waals surface area contributed by atoms with Gasteiger partial charge in [-0.15, -0.1) is 0 Å². The predicted molar refractivity (Wildman–Crippen MR) is 88.1 cm³/mol. The molecule has 0 bridgehead atoms. The van der Waals surface area contributed by atoms with E-state index >= 15 is 0 Å². The molecule has 2 rings (SSSR count). The van der Waals surface area contributed by atoms with E-state index in [0.717, 1.165) is 24.6 Å². The summed E-state index contributed by atoms with van der Waals surface area (Å²) in [4.78, 5) is 7.02. The fourth-order valence-corrected chi connectivity index (χ4v) is 2.87. The Bertz CT molecular complexity index is 490. The second-order valence-electron chi connectivity index (χ2n) is 6.70. The first-order valence-corrected chi connectivity index (χ1v) is 7.96. The third kappa shape index (κ3) is 4.56. The molecule has 0 saturated carbocycles. The van der Waals surface area contributed by atoms with E-state index in [1.807, 2.05) is 12.1 Å². The molecule has 1 fully saturated rings. The maximum absolute atomic E-state index is 6.26. The summed E-state index contributed by atoms with van der Waals surface area (Å²) in [6, 6.07) is 4.35. The highest BCUT2D eigenvalue weighted by Gasteiger charge is 2.32. The molecule has 0 amide bonds. The van der Waals surface area contributed by atoms with Gasteiger partial charge >= 0.3 is 0 Å². The van der Waals surface area contributed by atoms with Crippen LogP contribution in [0.1, 0.15) is 40.3 Å². The molecule has 4 nitrogen and oxygen atoms in total. The number of halogens is 1. The van der Waals surface area contributed by atoms with Crippen molar-refractivity contribution < 1.29 is 4.74 Å². The van der Waals surface area contributed by atoms with Crippen molar-refractivity contribution in [1.29, 1.82) is 0 Å². The molecule has 1 aliphatic heterocycles. The van der Waals surface area contributed by atoms with Gasteiger partial charge in [0.2, 0.25) is 0 Å². The molecular weight excluding hydrogens is 286 g/mol. The van der Waals surface area contributed by atoms with E-state index in [1.165, 1.54) is 0 Å². The smallest absolute Gasteiger partial charge is 0.129 e. The van der Waals surface area contributed by atoms with E-state index in [4.69, 9.17) is 21.3 Å². The number of ether oxygens (including phenoxy) is 1. The minimum Gasteiger partial charge on any atom is -0.369 e. The number of morpholine rings is 1. The Morgan fingerprint density at radius 1 is 1.48 bits per heavy atom. The SMILES string of the molecule is CC(C)NCc1nc(N2CC(C)OC(C)(C)C2)ccc1Cl. The number of rotatable bonds is 4. The molecular formula is C16H26ClN3O. The topological polar surface area (TPSA) is 37.4 Å². The number of anilines is 1. The molecule has 21 heavy (non-hydrogen) atoms. The van der Waals surface area contributed by atoms with Gasteiger partial charge in [-0.1, -0.05) is 25.4 Å². The van der Waals surface area contributed by atoms with Gasteiger partial charge in [0.15, 0.2) is 0 Å². The highest BCUT2D eigenvalue weighted by molar-refractivity contribution is 6.31. The fraction of sp³-hybridized carbons (Fsp3) is 0.688. The molecule has 1 aliphatic rings. The summed E-state index contributed by atoms with van der Waals surface area (Å²) in [7, 11) is 0. The number of nitrogens with zero attached hydrogens (tertiary/aromatic N) is 2. The molecule has 118 valence electrons. The van der Waals surface area contributed by atoms with Crippen LogP contribution in [-0.4, -0.2) is 35.8 Å². The van der Waals surface area contributed by atoms with Crippen LogP contribution in [0.5, 0.6) is 0 Å². The highest BCUT2D eigenvalue weighted by Crippen LogP contribution is 2.26. The summed E-state index contributed by atoms with van der Waals surface area (Å²) in [6.45, 7) is 12.9. The van der Waals surface area contributed by atoms with Crippen molar-refractivity contribution in [2.75, 3.05) is 18.0 Å². The number of hydrogen-bond acceptors (Lipinski definition) is 4. The second kappa shape index (κ2) is 6.51. The first-order chi connectivity index (χ1) is 9.77. The first kappa shape index (κ1) is 16.5. The van der Waals surface area contributed by atoms with E-state index < -0.39 is 0 Å². The van der Waals surface area contributed by atoms with Crippen molar-refractivity contribution in [2.45, 2.75) is 58.9 Å². The Morgan fingerprint density at radius 3 is 2.81 bits per heavy atom. The molecule has 1 aromatic heterocycles. The molecule has 2 heterocycles. The van der Waals surface area contributed by atoms with E-state index in [9.17, 15) is 0 Å². The van der Waals surface area contributed by atoms with Crippen LogP contribution in [-0.2, 0) is 11.3 Å².